The number of carbonyl (C=O) groups is 1. The Balaban J connectivity index is 2.33. The highest BCUT2D eigenvalue weighted by Gasteiger charge is 2.21. The van der Waals surface area contributed by atoms with Crippen molar-refractivity contribution in [2.24, 2.45) is 5.73 Å². The summed E-state index contributed by atoms with van der Waals surface area (Å²) in [6, 6.07) is 7.41. The Bertz CT molecular complexity index is 1310. The summed E-state index contributed by atoms with van der Waals surface area (Å²) in [7, 11) is 0. The van der Waals surface area contributed by atoms with Crippen LogP contribution in [0.2, 0.25) is 0 Å². The fourth-order valence-corrected chi connectivity index (χ4v) is 3.65. The Kier molecular flexibility index (Phi) is 3.26. The van der Waals surface area contributed by atoms with Crippen LogP contribution in [0.25, 0.3) is 32.3 Å². The first-order valence-corrected chi connectivity index (χ1v) is 7.99. The van der Waals surface area contributed by atoms with E-state index in [0.29, 0.717) is 16.3 Å². The molecule has 1 amide bonds. The highest BCUT2D eigenvalue weighted by molar-refractivity contribution is 6.19. The first kappa shape index (κ1) is 16.6. The Labute approximate surface area is 152 Å². The number of carbonyl (C=O) groups excluding carboxylic acids is 1. The molecule has 4 aromatic carbocycles. The molecule has 0 aliphatic heterocycles. The third-order valence-electron chi connectivity index (χ3n) is 4.90. The summed E-state index contributed by atoms with van der Waals surface area (Å²) < 4.78 is 0. The van der Waals surface area contributed by atoms with E-state index in [9.17, 15) is 30.3 Å². The van der Waals surface area contributed by atoms with E-state index in [1.807, 2.05) is 0 Å². The number of aryl methyl sites for hydroxylation is 1. The van der Waals surface area contributed by atoms with Gasteiger partial charge in [-0.05, 0) is 46.8 Å². The molecule has 0 atom stereocenters. The molecule has 4 aromatic rings. The molecular formula is C20H14NO6-. The van der Waals surface area contributed by atoms with E-state index < -0.39 is 34.5 Å². The van der Waals surface area contributed by atoms with Crippen molar-refractivity contribution in [1.29, 1.82) is 0 Å². The zero-order valence-electron chi connectivity index (χ0n) is 14.1. The normalized spacial score (nSPS) is 11.4. The van der Waals surface area contributed by atoms with E-state index in [2.05, 4.69) is 0 Å². The van der Waals surface area contributed by atoms with Crippen LogP contribution in [0, 0.1) is 6.92 Å². The van der Waals surface area contributed by atoms with Crippen LogP contribution in [0.4, 0.5) is 0 Å². The number of amides is 1. The highest BCUT2D eigenvalue weighted by atomic mass is 16.3. The molecule has 4 rings (SSSR count). The summed E-state index contributed by atoms with van der Waals surface area (Å²) in [5, 5.41) is 55.3. The summed E-state index contributed by atoms with van der Waals surface area (Å²) in [5.74, 6) is -3.78. The lowest BCUT2D eigenvalue weighted by Crippen LogP contribution is -2.14. The van der Waals surface area contributed by atoms with Gasteiger partial charge in [0.05, 0.1) is 16.3 Å². The molecule has 0 aromatic heterocycles. The molecule has 0 fully saturated rings. The molecule has 7 nitrogen and oxygen atoms in total. The van der Waals surface area contributed by atoms with Gasteiger partial charge in [-0.1, -0.05) is 17.9 Å². The van der Waals surface area contributed by atoms with Gasteiger partial charge in [-0.15, -0.1) is 0 Å². The van der Waals surface area contributed by atoms with Gasteiger partial charge < -0.3 is 31.3 Å². The Morgan fingerprint density at radius 1 is 0.926 bits per heavy atom. The van der Waals surface area contributed by atoms with Gasteiger partial charge in [-0.25, -0.2) is 0 Å². The predicted octanol–water partition coefficient (Wildman–Crippen LogP) is 2.45. The number of benzene rings is 4. The van der Waals surface area contributed by atoms with Gasteiger partial charge in [-0.2, -0.15) is 0 Å². The van der Waals surface area contributed by atoms with Crippen LogP contribution in [0.3, 0.4) is 0 Å². The molecule has 6 N–H and O–H groups in total. The van der Waals surface area contributed by atoms with E-state index in [4.69, 9.17) is 5.73 Å². The number of hydrogen-bond donors (Lipinski definition) is 5. The number of hydrogen-bond acceptors (Lipinski definition) is 6. The van der Waals surface area contributed by atoms with Crippen molar-refractivity contribution in [3.05, 3.63) is 41.5 Å². The number of aromatic hydroxyl groups is 4. The summed E-state index contributed by atoms with van der Waals surface area (Å²) >= 11 is 0. The molecule has 27 heavy (non-hydrogen) atoms. The average molecular weight is 364 g/mol. The molecule has 0 saturated heterocycles. The van der Waals surface area contributed by atoms with E-state index in [1.165, 1.54) is 18.2 Å². The molecule has 0 saturated carbocycles. The minimum Gasteiger partial charge on any atom is -0.871 e. The maximum Gasteiger partial charge on any atom is 0.251 e. The van der Waals surface area contributed by atoms with Crippen molar-refractivity contribution in [3.63, 3.8) is 0 Å². The molecule has 0 radical (unpaired) electrons. The van der Waals surface area contributed by atoms with Crippen LogP contribution in [-0.4, -0.2) is 26.3 Å². The fraction of sp³-hybridized carbons (Fsp3) is 0.0500. The standard InChI is InChI=1S/C20H15NO6/c1-7-9-3-2-4-11(22)14(9)19(26)15-10(7)5-8-6-12(23)16(20(21)27)18(25)13(8)17(15)24/h2-6,22-26H,1H3,(H2,21,27)/p-1. The highest BCUT2D eigenvalue weighted by Crippen LogP contribution is 2.49. The minimum atomic E-state index is -1.13. The zero-order chi connectivity index (χ0) is 19.6. The third-order valence-corrected chi connectivity index (χ3v) is 4.90. The first-order valence-electron chi connectivity index (χ1n) is 7.99. The topological polar surface area (TPSA) is 147 Å². The number of primary amides is 1. The first-order chi connectivity index (χ1) is 12.7. The lowest BCUT2D eigenvalue weighted by atomic mass is 9.91. The summed E-state index contributed by atoms with van der Waals surface area (Å²) in [6.07, 6.45) is 0. The quantitative estimate of drug-likeness (QED) is 0.328. The summed E-state index contributed by atoms with van der Waals surface area (Å²) in [5.41, 5.74) is 5.16. The van der Waals surface area contributed by atoms with Crippen LogP contribution in [0.15, 0.2) is 30.3 Å². The lowest BCUT2D eigenvalue weighted by molar-refractivity contribution is -0.266. The van der Waals surface area contributed by atoms with Crippen molar-refractivity contribution in [3.8, 4) is 28.7 Å². The molecule has 0 aliphatic carbocycles. The SMILES string of the molecule is Cc1c2cccc(O)c2c(O)c2c(O)c3c([O-])c(C(N)=O)c(O)cc3cc12. The fourth-order valence-electron chi connectivity index (χ4n) is 3.65. The Hall–Kier alpha value is -3.87. The van der Waals surface area contributed by atoms with Crippen molar-refractivity contribution in [1.82, 2.24) is 0 Å². The van der Waals surface area contributed by atoms with E-state index >= 15 is 0 Å². The van der Waals surface area contributed by atoms with Gasteiger partial charge in [0.15, 0.2) is 0 Å². The van der Waals surface area contributed by atoms with Gasteiger partial charge in [0, 0.05) is 5.39 Å². The number of rotatable bonds is 1. The van der Waals surface area contributed by atoms with Gasteiger partial charge >= 0.3 is 0 Å². The Morgan fingerprint density at radius 2 is 1.59 bits per heavy atom. The second-order valence-electron chi connectivity index (χ2n) is 6.38. The van der Waals surface area contributed by atoms with E-state index in [-0.39, 0.29) is 27.3 Å². The van der Waals surface area contributed by atoms with Crippen LogP contribution >= 0.6 is 0 Å². The summed E-state index contributed by atoms with van der Waals surface area (Å²) in [6.45, 7) is 1.74. The predicted molar refractivity (Wildman–Crippen MR) is 98.3 cm³/mol. The summed E-state index contributed by atoms with van der Waals surface area (Å²) in [4.78, 5) is 11.5. The maximum absolute atomic E-state index is 12.6. The van der Waals surface area contributed by atoms with Crippen molar-refractivity contribution < 1.29 is 30.3 Å². The second kappa shape index (κ2) is 5.31. The molecule has 0 spiro atoms. The van der Waals surface area contributed by atoms with Gasteiger partial charge in [-0.3, -0.25) is 4.79 Å². The third kappa shape index (κ3) is 2.05. The monoisotopic (exact) mass is 364 g/mol. The van der Waals surface area contributed by atoms with Crippen LogP contribution in [-0.2, 0) is 0 Å². The molecule has 0 aliphatic rings. The molecule has 0 heterocycles. The molecule has 0 bridgehead atoms. The number of phenolic OH excluding ortho intramolecular Hbond substituents is 3. The molecule has 136 valence electrons. The zero-order valence-corrected chi connectivity index (χ0v) is 14.1. The number of nitrogens with two attached hydrogens (primary N) is 1. The minimum absolute atomic E-state index is 0.0350. The lowest BCUT2D eigenvalue weighted by Gasteiger charge is -2.20. The molecular weight excluding hydrogens is 350 g/mol. The Morgan fingerprint density at radius 3 is 2.26 bits per heavy atom. The largest absolute Gasteiger partial charge is 0.871 e. The molecule has 0 unspecified atom stereocenters. The van der Waals surface area contributed by atoms with Gasteiger partial charge in [0.2, 0.25) is 0 Å². The van der Waals surface area contributed by atoms with E-state index in [0.717, 1.165) is 0 Å². The van der Waals surface area contributed by atoms with Crippen LogP contribution in [0.5, 0.6) is 28.7 Å². The number of fused-ring (bicyclic) bond motifs is 3. The van der Waals surface area contributed by atoms with Crippen molar-refractivity contribution in [2.75, 3.05) is 0 Å². The van der Waals surface area contributed by atoms with Crippen molar-refractivity contribution >= 4 is 38.2 Å². The van der Waals surface area contributed by atoms with Crippen LogP contribution in [0.1, 0.15) is 15.9 Å². The van der Waals surface area contributed by atoms with Crippen molar-refractivity contribution in [2.45, 2.75) is 6.92 Å². The van der Waals surface area contributed by atoms with Gasteiger partial charge in [0.25, 0.3) is 5.91 Å². The average Bonchev–Trinajstić information content (AvgIpc) is 2.58. The van der Waals surface area contributed by atoms with Gasteiger partial charge in [0.1, 0.15) is 23.0 Å². The molecule has 7 heteroatoms. The number of phenols is 4. The smallest absolute Gasteiger partial charge is 0.251 e. The maximum atomic E-state index is 12.6. The van der Waals surface area contributed by atoms with E-state index in [1.54, 1.807) is 19.1 Å². The van der Waals surface area contributed by atoms with Crippen LogP contribution < -0.4 is 10.8 Å². The second-order valence-corrected chi connectivity index (χ2v) is 6.38.